The van der Waals surface area contributed by atoms with E-state index in [9.17, 15) is 9.59 Å². The average molecular weight is 418 g/mol. The van der Waals surface area contributed by atoms with Gasteiger partial charge >= 0.3 is 6.03 Å². The summed E-state index contributed by atoms with van der Waals surface area (Å²) in [7, 11) is 1.56. The normalized spacial score (nSPS) is 19.5. The molecule has 0 bridgehead atoms. The molecule has 1 aromatic heterocycles. The molecule has 1 N–H and O–H groups in total. The van der Waals surface area contributed by atoms with E-state index in [1.165, 1.54) is 6.21 Å². The Labute approximate surface area is 174 Å². The van der Waals surface area contributed by atoms with Gasteiger partial charge in [0, 0.05) is 6.54 Å². The van der Waals surface area contributed by atoms with Crippen LogP contribution in [0.5, 0.6) is 5.75 Å². The summed E-state index contributed by atoms with van der Waals surface area (Å²) in [4.78, 5) is 25.4. The maximum atomic E-state index is 13.0. The summed E-state index contributed by atoms with van der Waals surface area (Å²) < 4.78 is 6.83. The molecule has 0 radical (unpaired) electrons. The van der Waals surface area contributed by atoms with Gasteiger partial charge in [-0.05, 0) is 37.5 Å². The molecular weight excluding hydrogens is 394 g/mol. The highest BCUT2D eigenvalue weighted by molar-refractivity contribution is 6.32. The second-order valence-corrected chi connectivity index (χ2v) is 7.87. The number of methoxy groups -OCH3 is 1. The first-order chi connectivity index (χ1) is 13.7. The summed E-state index contributed by atoms with van der Waals surface area (Å²) in [5.41, 5.74) is 0.658. The fourth-order valence-corrected chi connectivity index (χ4v) is 3.44. The number of aromatic nitrogens is 2. The van der Waals surface area contributed by atoms with Crippen molar-refractivity contribution in [2.75, 3.05) is 7.11 Å². The largest absolute Gasteiger partial charge is 0.497 e. The molecule has 0 aliphatic carbocycles. The number of amides is 3. The van der Waals surface area contributed by atoms with Crippen molar-refractivity contribution in [1.29, 1.82) is 0 Å². The SMILES string of the molecule is COc1ccc([C@@]2(C)NC(=O)N(/N=C\c3c(C)nn(CC(C)C)c3Cl)C2=O)cc1. The van der Waals surface area contributed by atoms with Crippen molar-refractivity contribution in [2.24, 2.45) is 11.0 Å². The van der Waals surface area contributed by atoms with Crippen molar-refractivity contribution < 1.29 is 14.3 Å². The van der Waals surface area contributed by atoms with Crippen LogP contribution in [0.15, 0.2) is 29.4 Å². The molecule has 0 saturated carbocycles. The minimum absolute atomic E-state index is 0.368. The van der Waals surface area contributed by atoms with E-state index in [4.69, 9.17) is 16.3 Å². The zero-order valence-electron chi connectivity index (χ0n) is 17.1. The van der Waals surface area contributed by atoms with Crippen LogP contribution in [0.1, 0.15) is 37.6 Å². The Bertz CT molecular complexity index is 967. The van der Waals surface area contributed by atoms with E-state index in [-0.39, 0.29) is 0 Å². The van der Waals surface area contributed by atoms with Crippen molar-refractivity contribution in [2.45, 2.75) is 39.8 Å². The Hall–Kier alpha value is -2.87. The minimum Gasteiger partial charge on any atom is -0.497 e. The molecule has 1 aromatic carbocycles. The lowest BCUT2D eigenvalue weighted by molar-refractivity contribution is -0.131. The van der Waals surface area contributed by atoms with E-state index in [1.807, 2.05) is 0 Å². The van der Waals surface area contributed by atoms with Gasteiger partial charge in [-0.3, -0.25) is 9.48 Å². The number of halogens is 1. The lowest BCUT2D eigenvalue weighted by Crippen LogP contribution is -2.40. The Balaban J connectivity index is 1.86. The summed E-state index contributed by atoms with van der Waals surface area (Å²) in [5, 5.41) is 12.5. The van der Waals surface area contributed by atoms with Gasteiger partial charge in [-0.25, -0.2) is 4.79 Å². The van der Waals surface area contributed by atoms with E-state index >= 15 is 0 Å². The molecule has 1 fully saturated rings. The number of nitrogens with zero attached hydrogens (tertiary/aromatic N) is 4. The monoisotopic (exact) mass is 417 g/mol. The number of ether oxygens (including phenoxy) is 1. The van der Waals surface area contributed by atoms with E-state index in [0.29, 0.717) is 40.2 Å². The van der Waals surface area contributed by atoms with Crippen LogP contribution in [0, 0.1) is 12.8 Å². The number of hydrogen-bond donors (Lipinski definition) is 1. The number of carbonyl (C=O) groups is 2. The molecule has 1 saturated heterocycles. The lowest BCUT2D eigenvalue weighted by atomic mass is 9.92. The zero-order valence-corrected chi connectivity index (χ0v) is 17.8. The van der Waals surface area contributed by atoms with Crippen molar-refractivity contribution in [3.63, 3.8) is 0 Å². The van der Waals surface area contributed by atoms with Gasteiger partial charge in [-0.1, -0.05) is 37.6 Å². The van der Waals surface area contributed by atoms with Crippen LogP contribution >= 0.6 is 11.6 Å². The number of benzene rings is 1. The van der Waals surface area contributed by atoms with Crippen molar-refractivity contribution >= 4 is 29.8 Å². The molecule has 2 heterocycles. The molecule has 1 atom stereocenters. The Morgan fingerprint density at radius 2 is 1.97 bits per heavy atom. The molecule has 154 valence electrons. The van der Waals surface area contributed by atoms with Crippen molar-refractivity contribution in [1.82, 2.24) is 20.1 Å². The van der Waals surface area contributed by atoms with Crippen LogP contribution in [0.2, 0.25) is 5.15 Å². The predicted octanol–water partition coefficient (Wildman–Crippen LogP) is 3.31. The standard InChI is InChI=1S/C20H24ClN5O3/c1-12(2)11-25-17(21)16(13(3)24-25)10-22-26-18(27)20(4,23-19(26)28)14-6-8-15(29-5)9-7-14/h6-10,12H,11H2,1-5H3,(H,23,28)/b22-10-/t20-/m1/s1. The van der Waals surface area contributed by atoms with E-state index < -0.39 is 17.5 Å². The Morgan fingerprint density at radius 3 is 2.55 bits per heavy atom. The summed E-state index contributed by atoms with van der Waals surface area (Å²) >= 11 is 6.41. The number of imide groups is 1. The van der Waals surface area contributed by atoms with Gasteiger partial charge in [0.2, 0.25) is 0 Å². The van der Waals surface area contributed by atoms with Gasteiger partial charge in [0.1, 0.15) is 16.4 Å². The van der Waals surface area contributed by atoms with E-state index in [2.05, 4.69) is 29.4 Å². The third-order valence-electron chi connectivity index (χ3n) is 4.79. The second kappa shape index (κ2) is 7.87. The van der Waals surface area contributed by atoms with Gasteiger partial charge in [0.15, 0.2) is 0 Å². The molecule has 2 aromatic rings. The average Bonchev–Trinajstić information content (AvgIpc) is 3.06. The molecule has 0 unspecified atom stereocenters. The molecule has 3 rings (SSSR count). The van der Waals surface area contributed by atoms with Crippen LogP contribution in [0.25, 0.3) is 0 Å². The summed E-state index contributed by atoms with van der Waals surface area (Å²) in [6, 6.07) is 6.34. The van der Waals surface area contributed by atoms with Gasteiger partial charge in [-0.2, -0.15) is 10.2 Å². The van der Waals surface area contributed by atoms with Gasteiger partial charge in [-0.15, -0.1) is 5.01 Å². The molecule has 1 aliphatic heterocycles. The Morgan fingerprint density at radius 1 is 1.31 bits per heavy atom. The first-order valence-corrected chi connectivity index (χ1v) is 9.63. The fourth-order valence-electron chi connectivity index (χ4n) is 3.15. The molecule has 29 heavy (non-hydrogen) atoms. The highest BCUT2D eigenvalue weighted by atomic mass is 35.5. The first kappa shape index (κ1) is 20.9. The molecule has 8 nitrogen and oxygen atoms in total. The Kier molecular flexibility index (Phi) is 5.66. The van der Waals surface area contributed by atoms with Gasteiger partial charge in [0.25, 0.3) is 5.91 Å². The van der Waals surface area contributed by atoms with Crippen LogP contribution in [0.4, 0.5) is 4.79 Å². The first-order valence-electron chi connectivity index (χ1n) is 9.25. The highest BCUT2D eigenvalue weighted by Crippen LogP contribution is 2.30. The van der Waals surface area contributed by atoms with Crippen molar-refractivity contribution in [3.05, 3.63) is 46.2 Å². The number of carbonyl (C=O) groups excluding carboxylic acids is 2. The molecule has 0 spiro atoms. The van der Waals surface area contributed by atoms with Gasteiger partial charge < -0.3 is 10.1 Å². The third-order valence-corrected chi connectivity index (χ3v) is 5.19. The van der Waals surface area contributed by atoms with Crippen LogP contribution in [-0.4, -0.2) is 40.1 Å². The number of aryl methyl sites for hydroxylation is 1. The molecule has 9 heteroatoms. The van der Waals surface area contributed by atoms with E-state index in [1.54, 1.807) is 49.9 Å². The van der Waals surface area contributed by atoms with Crippen molar-refractivity contribution in [3.8, 4) is 5.75 Å². The number of rotatable bonds is 6. The summed E-state index contributed by atoms with van der Waals surface area (Å²) in [5.74, 6) is 0.549. The smallest absolute Gasteiger partial charge is 0.346 e. The maximum Gasteiger partial charge on any atom is 0.346 e. The quantitative estimate of drug-likeness (QED) is 0.576. The third kappa shape index (κ3) is 3.85. The predicted molar refractivity (Wildman–Crippen MR) is 110 cm³/mol. The zero-order chi connectivity index (χ0) is 21.3. The number of urea groups is 1. The number of nitrogens with one attached hydrogen (secondary N) is 1. The second-order valence-electron chi connectivity index (χ2n) is 7.51. The molecule has 3 amide bonds. The van der Waals surface area contributed by atoms with Crippen LogP contribution in [0.3, 0.4) is 0 Å². The lowest BCUT2D eigenvalue weighted by Gasteiger charge is -2.21. The summed E-state index contributed by atoms with van der Waals surface area (Å²) in [6.45, 7) is 8.23. The van der Waals surface area contributed by atoms with Gasteiger partial charge in [0.05, 0.1) is 24.6 Å². The number of hydrazone groups is 1. The molecule has 1 aliphatic rings. The minimum atomic E-state index is -1.22. The molecular formula is C20H24ClN5O3. The highest BCUT2D eigenvalue weighted by Gasteiger charge is 2.49. The van der Waals surface area contributed by atoms with E-state index in [0.717, 1.165) is 5.01 Å². The van der Waals surface area contributed by atoms with Crippen LogP contribution < -0.4 is 10.1 Å². The van der Waals surface area contributed by atoms with Crippen LogP contribution in [-0.2, 0) is 16.9 Å². The fraction of sp³-hybridized carbons (Fsp3) is 0.400. The number of hydrogen-bond acceptors (Lipinski definition) is 5. The maximum absolute atomic E-state index is 13.0. The summed E-state index contributed by atoms with van der Waals surface area (Å²) in [6.07, 6.45) is 1.40. The topological polar surface area (TPSA) is 88.8 Å².